The lowest BCUT2D eigenvalue weighted by Crippen LogP contribution is -2.45. The third kappa shape index (κ3) is 5.65. The van der Waals surface area contributed by atoms with Crippen molar-refractivity contribution in [3.05, 3.63) is 93.2 Å². The number of amides is 2. The van der Waals surface area contributed by atoms with E-state index in [1.54, 1.807) is 0 Å². The highest BCUT2D eigenvalue weighted by atomic mass is 32.1. The summed E-state index contributed by atoms with van der Waals surface area (Å²) in [6.07, 6.45) is 1.79. The monoisotopic (exact) mass is 515 g/mol. The van der Waals surface area contributed by atoms with Gasteiger partial charge in [0.1, 0.15) is 0 Å². The number of fused-ring (bicyclic) bond motifs is 1. The molecule has 0 unspecified atom stereocenters. The normalized spacial score (nSPS) is 18.8. The summed E-state index contributed by atoms with van der Waals surface area (Å²) in [7, 11) is 0. The molecule has 5 rings (SSSR count). The fourth-order valence-corrected chi connectivity index (χ4v) is 6.41. The van der Waals surface area contributed by atoms with E-state index in [0.717, 1.165) is 24.9 Å². The van der Waals surface area contributed by atoms with E-state index in [9.17, 15) is 9.59 Å². The lowest BCUT2D eigenvalue weighted by Gasteiger charge is -2.37. The molecule has 2 aliphatic heterocycles. The number of benzene rings is 2. The van der Waals surface area contributed by atoms with Gasteiger partial charge in [0.15, 0.2) is 0 Å². The molecule has 6 heteroatoms. The highest BCUT2D eigenvalue weighted by molar-refractivity contribution is 7.10. The molecule has 3 aromatic rings. The molecule has 0 bridgehead atoms. The molecule has 0 N–H and O–H groups in total. The minimum atomic E-state index is 0.0555. The summed E-state index contributed by atoms with van der Waals surface area (Å²) < 4.78 is 0. The highest BCUT2D eigenvalue weighted by Gasteiger charge is 2.32. The first-order chi connectivity index (χ1) is 17.8. The molecule has 5 nitrogen and oxygen atoms in total. The van der Waals surface area contributed by atoms with Gasteiger partial charge in [-0.05, 0) is 58.5 Å². The zero-order chi connectivity index (χ0) is 26.0. The van der Waals surface area contributed by atoms with Crippen molar-refractivity contribution >= 4 is 23.2 Å². The first-order valence-corrected chi connectivity index (χ1v) is 14.2. The first-order valence-electron chi connectivity index (χ1n) is 13.3. The van der Waals surface area contributed by atoms with Crippen molar-refractivity contribution in [2.75, 3.05) is 39.3 Å². The molecule has 2 aromatic carbocycles. The Labute approximate surface area is 224 Å². The smallest absolute Gasteiger partial charge is 0.253 e. The van der Waals surface area contributed by atoms with Crippen LogP contribution in [0.1, 0.15) is 65.2 Å². The van der Waals surface area contributed by atoms with E-state index in [-0.39, 0.29) is 23.3 Å². The van der Waals surface area contributed by atoms with Crippen molar-refractivity contribution in [3.8, 4) is 0 Å². The molecule has 2 aliphatic rings. The van der Waals surface area contributed by atoms with E-state index in [1.807, 2.05) is 39.3 Å². The summed E-state index contributed by atoms with van der Waals surface area (Å²) in [6, 6.07) is 20.9. The molecule has 2 amide bonds. The zero-order valence-corrected chi connectivity index (χ0v) is 23.0. The van der Waals surface area contributed by atoms with Crippen LogP contribution in [0.3, 0.4) is 0 Å². The summed E-state index contributed by atoms with van der Waals surface area (Å²) in [5.41, 5.74) is 4.57. The quantitative estimate of drug-likeness (QED) is 0.469. The zero-order valence-electron chi connectivity index (χ0n) is 22.2. The van der Waals surface area contributed by atoms with E-state index < -0.39 is 0 Å². The predicted molar refractivity (Wildman–Crippen MR) is 150 cm³/mol. The maximum Gasteiger partial charge on any atom is 0.253 e. The van der Waals surface area contributed by atoms with Gasteiger partial charge in [0.25, 0.3) is 5.91 Å². The fourth-order valence-electron chi connectivity index (χ4n) is 5.50. The largest absolute Gasteiger partial charge is 0.340 e. The summed E-state index contributed by atoms with van der Waals surface area (Å²) in [5.74, 6) is 0.211. The third-order valence-electron chi connectivity index (χ3n) is 7.65. The van der Waals surface area contributed by atoms with Gasteiger partial charge in [-0.2, -0.15) is 0 Å². The molecular weight excluding hydrogens is 478 g/mol. The van der Waals surface area contributed by atoms with Crippen LogP contribution in [0.15, 0.2) is 66.0 Å². The van der Waals surface area contributed by atoms with Gasteiger partial charge in [-0.1, -0.05) is 63.2 Å². The van der Waals surface area contributed by atoms with Crippen LogP contribution in [-0.2, 0) is 16.6 Å². The number of carbonyl (C=O) groups is 2. The van der Waals surface area contributed by atoms with Gasteiger partial charge in [0.05, 0.1) is 12.6 Å². The van der Waals surface area contributed by atoms with Gasteiger partial charge in [0, 0.05) is 43.2 Å². The van der Waals surface area contributed by atoms with Crippen molar-refractivity contribution in [2.45, 2.75) is 45.1 Å². The minimum absolute atomic E-state index is 0.0555. The number of thiophene rings is 1. The molecule has 0 radical (unpaired) electrons. The van der Waals surface area contributed by atoms with Crippen LogP contribution in [-0.4, -0.2) is 65.8 Å². The predicted octanol–water partition coefficient (Wildman–Crippen LogP) is 5.37. The minimum Gasteiger partial charge on any atom is -0.340 e. The molecule has 194 valence electrons. The Morgan fingerprint density at radius 2 is 1.57 bits per heavy atom. The second kappa shape index (κ2) is 10.8. The van der Waals surface area contributed by atoms with Gasteiger partial charge in [-0.3, -0.25) is 14.5 Å². The van der Waals surface area contributed by atoms with Crippen LogP contribution >= 0.6 is 11.3 Å². The Balaban J connectivity index is 1.24. The molecule has 3 heterocycles. The van der Waals surface area contributed by atoms with E-state index in [4.69, 9.17) is 0 Å². The van der Waals surface area contributed by atoms with Gasteiger partial charge in [-0.15, -0.1) is 11.3 Å². The summed E-state index contributed by atoms with van der Waals surface area (Å²) >= 11 is 1.82. The second-order valence-corrected chi connectivity index (χ2v) is 12.2. The number of hydrogen-bond donors (Lipinski definition) is 0. The lowest BCUT2D eigenvalue weighted by atomic mass is 9.86. The van der Waals surface area contributed by atoms with Crippen LogP contribution < -0.4 is 0 Å². The van der Waals surface area contributed by atoms with Crippen LogP contribution in [0.5, 0.6) is 0 Å². The summed E-state index contributed by atoms with van der Waals surface area (Å²) in [6.45, 7) is 10.3. The van der Waals surface area contributed by atoms with Crippen molar-refractivity contribution in [1.82, 2.24) is 14.7 Å². The summed E-state index contributed by atoms with van der Waals surface area (Å²) in [4.78, 5) is 34.3. The number of carbonyl (C=O) groups excluding carboxylic acids is 2. The molecule has 1 saturated heterocycles. The highest BCUT2D eigenvalue weighted by Crippen LogP contribution is 2.37. The van der Waals surface area contributed by atoms with Gasteiger partial charge in [-0.25, -0.2) is 0 Å². The molecule has 37 heavy (non-hydrogen) atoms. The van der Waals surface area contributed by atoms with Crippen LogP contribution in [0, 0.1) is 0 Å². The molecular formula is C31H37N3O2S. The van der Waals surface area contributed by atoms with Crippen molar-refractivity contribution in [2.24, 2.45) is 0 Å². The first kappa shape index (κ1) is 25.7. The second-order valence-electron chi connectivity index (χ2n) is 11.2. The molecule has 0 spiro atoms. The van der Waals surface area contributed by atoms with Crippen molar-refractivity contribution < 1.29 is 9.59 Å². The SMILES string of the molecule is CC(C)(C)c1ccc(C(=O)N2CCCN(C(=O)CN3CCc4sccc4[C@H]3c3ccccc3)CC2)cc1. The molecule has 1 fully saturated rings. The van der Waals surface area contributed by atoms with Gasteiger partial charge in [0.2, 0.25) is 5.91 Å². The maximum atomic E-state index is 13.5. The average molecular weight is 516 g/mol. The molecule has 0 aliphatic carbocycles. The standard InChI is InChI=1S/C31H37N3O2S/c1-31(2,3)25-12-10-24(11-13-25)30(36)33-17-7-16-32(19-20-33)28(35)22-34-18-14-27-26(15-21-37-27)29(34)23-8-5-4-6-9-23/h4-6,8-13,15,21,29H,7,14,16-20,22H2,1-3H3/t29-/m1/s1. The lowest BCUT2D eigenvalue weighted by molar-refractivity contribution is -0.132. The molecule has 1 aromatic heterocycles. The number of hydrogen-bond acceptors (Lipinski definition) is 4. The Morgan fingerprint density at radius 3 is 2.30 bits per heavy atom. The van der Waals surface area contributed by atoms with E-state index in [1.165, 1.54) is 21.6 Å². The molecule has 0 saturated carbocycles. The van der Waals surface area contributed by atoms with Crippen LogP contribution in [0.4, 0.5) is 0 Å². The summed E-state index contributed by atoms with van der Waals surface area (Å²) in [5, 5.41) is 2.17. The average Bonchev–Trinajstić information content (AvgIpc) is 3.23. The Kier molecular flexibility index (Phi) is 7.50. The van der Waals surface area contributed by atoms with Crippen LogP contribution in [0.2, 0.25) is 0 Å². The van der Waals surface area contributed by atoms with E-state index >= 15 is 0 Å². The number of rotatable bonds is 4. The topological polar surface area (TPSA) is 43.9 Å². The van der Waals surface area contributed by atoms with Crippen molar-refractivity contribution in [1.29, 1.82) is 0 Å². The van der Waals surface area contributed by atoms with Crippen molar-refractivity contribution in [3.63, 3.8) is 0 Å². The Morgan fingerprint density at radius 1 is 0.865 bits per heavy atom. The third-order valence-corrected chi connectivity index (χ3v) is 8.65. The fraction of sp³-hybridized carbons (Fsp3) is 0.419. The van der Waals surface area contributed by atoms with E-state index in [0.29, 0.717) is 32.7 Å². The van der Waals surface area contributed by atoms with Gasteiger partial charge >= 0.3 is 0 Å². The Bertz CT molecular complexity index is 1230. The number of nitrogens with zero attached hydrogens (tertiary/aromatic N) is 3. The van der Waals surface area contributed by atoms with E-state index in [2.05, 4.69) is 73.5 Å². The maximum absolute atomic E-state index is 13.5. The Hall–Kier alpha value is -2.96. The van der Waals surface area contributed by atoms with Crippen LogP contribution in [0.25, 0.3) is 0 Å². The molecule has 1 atom stereocenters. The van der Waals surface area contributed by atoms with Gasteiger partial charge < -0.3 is 9.80 Å².